The van der Waals surface area contributed by atoms with Crippen molar-refractivity contribution in [1.82, 2.24) is 9.78 Å². The van der Waals surface area contributed by atoms with Crippen LogP contribution < -0.4 is 5.32 Å². The molecule has 1 N–H and O–H groups in total. The smallest absolute Gasteiger partial charge is 0.0729 e. The maximum Gasteiger partial charge on any atom is 0.0729 e. The van der Waals surface area contributed by atoms with Crippen LogP contribution in [0.5, 0.6) is 0 Å². The summed E-state index contributed by atoms with van der Waals surface area (Å²) >= 11 is 7.47. The van der Waals surface area contributed by atoms with E-state index in [4.69, 9.17) is 11.6 Å². The summed E-state index contributed by atoms with van der Waals surface area (Å²) in [5, 5.41) is 10.1. The van der Waals surface area contributed by atoms with Crippen LogP contribution in [-0.2, 0) is 13.6 Å². The fourth-order valence-electron chi connectivity index (χ4n) is 1.15. The fraction of sp³-hybridized carbons (Fsp3) is 0.222. The van der Waals surface area contributed by atoms with Crippen LogP contribution in [0.2, 0.25) is 5.02 Å². The van der Waals surface area contributed by atoms with Crippen LogP contribution in [0.1, 0.15) is 4.88 Å². The highest BCUT2D eigenvalue weighted by molar-refractivity contribution is 7.10. The van der Waals surface area contributed by atoms with Crippen molar-refractivity contribution in [2.24, 2.45) is 7.05 Å². The summed E-state index contributed by atoms with van der Waals surface area (Å²) in [5.41, 5.74) is 1.03. The lowest BCUT2D eigenvalue weighted by Gasteiger charge is -1.99. The first-order valence-corrected chi connectivity index (χ1v) is 5.45. The molecule has 2 aromatic heterocycles. The molecular formula is C9H10ClN3S. The van der Waals surface area contributed by atoms with Gasteiger partial charge in [-0.05, 0) is 6.07 Å². The average molecular weight is 228 g/mol. The molecule has 2 heterocycles. The Labute approximate surface area is 91.3 Å². The lowest BCUT2D eigenvalue weighted by molar-refractivity contribution is 0.768. The van der Waals surface area contributed by atoms with Gasteiger partial charge < -0.3 is 5.32 Å². The van der Waals surface area contributed by atoms with E-state index in [9.17, 15) is 0 Å². The minimum atomic E-state index is 0.795. The van der Waals surface area contributed by atoms with Crippen LogP contribution >= 0.6 is 22.9 Å². The third-order valence-corrected chi connectivity index (χ3v) is 3.08. The monoisotopic (exact) mass is 227 g/mol. The number of hydrogen-bond acceptors (Lipinski definition) is 3. The minimum absolute atomic E-state index is 0.795. The van der Waals surface area contributed by atoms with Gasteiger partial charge >= 0.3 is 0 Å². The van der Waals surface area contributed by atoms with Gasteiger partial charge in [-0.2, -0.15) is 5.10 Å². The Bertz CT molecular complexity index is 381. The van der Waals surface area contributed by atoms with E-state index in [0.717, 1.165) is 17.3 Å². The predicted molar refractivity (Wildman–Crippen MR) is 59.9 cm³/mol. The molecule has 0 unspecified atom stereocenters. The minimum Gasteiger partial charge on any atom is -0.378 e. The van der Waals surface area contributed by atoms with Gasteiger partial charge in [0.2, 0.25) is 0 Å². The first kappa shape index (κ1) is 9.55. The second kappa shape index (κ2) is 4.02. The van der Waals surface area contributed by atoms with Crippen molar-refractivity contribution in [2.45, 2.75) is 6.54 Å². The van der Waals surface area contributed by atoms with Crippen LogP contribution in [-0.4, -0.2) is 9.78 Å². The molecule has 0 radical (unpaired) electrons. The number of nitrogens with one attached hydrogen (secondary N) is 1. The van der Waals surface area contributed by atoms with Gasteiger partial charge in [-0.1, -0.05) is 11.6 Å². The Morgan fingerprint density at radius 2 is 2.50 bits per heavy atom. The molecular weight excluding hydrogens is 218 g/mol. The molecule has 0 saturated carbocycles. The zero-order valence-corrected chi connectivity index (χ0v) is 9.27. The number of halogens is 1. The molecule has 0 fully saturated rings. The van der Waals surface area contributed by atoms with Gasteiger partial charge in [0.15, 0.2) is 0 Å². The standard InChI is InChI=1S/C9H10ClN3S/c1-13-5-8(3-12-13)11-4-9-2-7(10)6-14-9/h2-3,5-6,11H,4H2,1H3. The zero-order valence-electron chi connectivity index (χ0n) is 7.70. The van der Waals surface area contributed by atoms with Gasteiger partial charge in [-0.25, -0.2) is 0 Å². The number of thiophene rings is 1. The Kier molecular flexibility index (Phi) is 2.74. The number of rotatable bonds is 3. The molecule has 74 valence electrons. The lowest BCUT2D eigenvalue weighted by Crippen LogP contribution is -1.95. The Morgan fingerprint density at radius 3 is 3.07 bits per heavy atom. The van der Waals surface area contributed by atoms with E-state index < -0.39 is 0 Å². The van der Waals surface area contributed by atoms with Crippen LogP contribution in [0.3, 0.4) is 0 Å². The largest absolute Gasteiger partial charge is 0.378 e. The molecule has 0 aromatic carbocycles. The van der Waals surface area contributed by atoms with Crippen LogP contribution in [0.15, 0.2) is 23.8 Å². The van der Waals surface area contributed by atoms with Crippen molar-refractivity contribution in [3.63, 3.8) is 0 Å². The molecule has 0 atom stereocenters. The molecule has 0 spiro atoms. The number of anilines is 1. The summed E-state index contributed by atoms with van der Waals surface area (Å²) in [7, 11) is 1.90. The van der Waals surface area contributed by atoms with Crippen molar-refractivity contribution in [3.8, 4) is 0 Å². The van der Waals surface area contributed by atoms with Gasteiger partial charge in [0.1, 0.15) is 0 Å². The lowest BCUT2D eigenvalue weighted by atomic mass is 10.4. The molecule has 2 aromatic rings. The van der Waals surface area contributed by atoms with Gasteiger partial charge in [0.25, 0.3) is 0 Å². The maximum atomic E-state index is 5.81. The second-order valence-corrected chi connectivity index (χ2v) is 4.42. The molecule has 0 aliphatic heterocycles. The van der Waals surface area contributed by atoms with Crippen LogP contribution in [0.25, 0.3) is 0 Å². The quantitative estimate of drug-likeness (QED) is 0.874. The molecule has 5 heteroatoms. The molecule has 0 bridgehead atoms. The van der Waals surface area contributed by atoms with Crippen LogP contribution in [0.4, 0.5) is 5.69 Å². The first-order chi connectivity index (χ1) is 6.74. The third kappa shape index (κ3) is 2.27. The van der Waals surface area contributed by atoms with E-state index in [0.29, 0.717) is 0 Å². The summed E-state index contributed by atoms with van der Waals surface area (Å²) in [4.78, 5) is 1.22. The van der Waals surface area contributed by atoms with Crippen molar-refractivity contribution in [3.05, 3.63) is 33.7 Å². The maximum absolute atomic E-state index is 5.81. The highest BCUT2D eigenvalue weighted by Crippen LogP contribution is 2.19. The van der Waals surface area contributed by atoms with Crippen molar-refractivity contribution >= 4 is 28.6 Å². The predicted octanol–water partition coefficient (Wildman–Crippen LogP) is 2.75. The molecule has 0 aliphatic carbocycles. The molecule has 14 heavy (non-hydrogen) atoms. The molecule has 0 saturated heterocycles. The van der Waals surface area contributed by atoms with Gasteiger partial charge in [0.05, 0.1) is 16.9 Å². The summed E-state index contributed by atoms with van der Waals surface area (Å²) < 4.78 is 1.77. The molecule has 2 rings (SSSR count). The van der Waals surface area contributed by atoms with E-state index in [-0.39, 0.29) is 0 Å². The average Bonchev–Trinajstić information content (AvgIpc) is 2.72. The topological polar surface area (TPSA) is 29.9 Å². The van der Waals surface area contributed by atoms with Gasteiger partial charge in [-0.3, -0.25) is 4.68 Å². The summed E-state index contributed by atoms with van der Waals surface area (Å²) in [6.07, 6.45) is 3.74. The van der Waals surface area contributed by atoms with Crippen molar-refractivity contribution in [2.75, 3.05) is 5.32 Å². The SMILES string of the molecule is Cn1cc(NCc2cc(Cl)cs2)cn1. The van der Waals surface area contributed by atoms with Crippen LogP contribution in [0, 0.1) is 0 Å². The summed E-state index contributed by atoms with van der Waals surface area (Å²) in [6.45, 7) is 0.795. The van der Waals surface area contributed by atoms with Gasteiger partial charge in [0, 0.05) is 30.0 Å². The first-order valence-electron chi connectivity index (χ1n) is 4.19. The molecule has 3 nitrogen and oxygen atoms in total. The van der Waals surface area contributed by atoms with E-state index in [1.807, 2.05) is 24.7 Å². The van der Waals surface area contributed by atoms with Crippen molar-refractivity contribution < 1.29 is 0 Å². The Hall–Kier alpha value is -1.00. The van der Waals surface area contributed by atoms with E-state index in [1.54, 1.807) is 22.2 Å². The van der Waals surface area contributed by atoms with Crippen molar-refractivity contribution in [1.29, 1.82) is 0 Å². The second-order valence-electron chi connectivity index (χ2n) is 2.99. The number of aromatic nitrogens is 2. The van der Waals surface area contributed by atoms with E-state index in [1.165, 1.54) is 4.88 Å². The number of aryl methyl sites for hydroxylation is 1. The Morgan fingerprint density at radius 1 is 1.64 bits per heavy atom. The molecule has 0 aliphatic rings. The zero-order chi connectivity index (χ0) is 9.97. The highest BCUT2D eigenvalue weighted by Gasteiger charge is 1.98. The van der Waals surface area contributed by atoms with Gasteiger partial charge in [-0.15, -0.1) is 11.3 Å². The fourth-order valence-corrected chi connectivity index (χ4v) is 2.16. The normalized spacial score (nSPS) is 10.4. The number of hydrogen-bond donors (Lipinski definition) is 1. The van der Waals surface area contributed by atoms with E-state index >= 15 is 0 Å². The summed E-state index contributed by atoms with van der Waals surface area (Å²) in [6, 6.07) is 1.97. The Balaban J connectivity index is 1.94. The summed E-state index contributed by atoms with van der Waals surface area (Å²) in [5.74, 6) is 0. The third-order valence-electron chi connectivity index (χ3n) is 1.79. The number of nitrogens with zero attached hydrogens (tertiary/aromatic N) is 2. The van der Waals surface area contributed by atoms with E-state index in [2.05, 4.69) is 10.4 Å². The highest BCUT2D eigenvalue weighted by atomic mass is 35.5. The molecule has 0 amide bonds.